The molecule has 2 fully saturated rings. The number of carbonyl (C=O) groups excluding carboxylic acids is 1. The summed E-state index contributed by atoms with van der Waals surface area (Å²) >= 11 is 0.186. The molecule has 10 radical (unpaired) electrons. The zero-order chi connectivity index (χ0) is 20.1. The van der Waals surface area contributed by atoms with Crippen molar-refractivity contribution >= 4 is 20.9 Å². The number of hydrogen-bond donors (Lipinski definition) is 0. The van der Waals surface area contributed by atoms with Gasteiger partial charge in [-0.05, 0) is 32.1 Å². The first-order chi connectivity index (χ1) is 13.0. The molecule has 0 unspecified atom stereocenters. The Hall–Kier alpha value is 0.209. The van der Waals surface area contributed by atoms with Crippen LogP contribution in [-0.2, 0) is 26.6 Å². The number of hydrogen-bond acceptors (Lipinski definition) is 3. The summed E-state index contributed by atoms with van der Waals surface area (Å²) in [6.07, 6.45) is 21.5. The van der Waals surface area contributed by atoms with Gasteiger partial charge in [-0.25, -0.2) is 0 Å². The third-order valence-electron chi connectivity index (χ3n) is 4.17. The van der Waals surface area contributed by atoms with E-state index in [9.17, 15) is 4.79 Å². The van der Waals surface area contributed by atoms with Crippen molar-refractivity contribution in [1.29, 1.82) is 0 Å². The fourth-order valence-electron chi connectivity index (χ4n) is 2.41. The van der Waals surface area contributed by atoms with Gasteiger partial charge in [-0.3, -0.25) is 0 Å². The Labute approximate surface area is 191 Å². The van der Waals surface area contributed by atoms with Gasteiger partial charge in [-0.1, -0.05) is 0 Å². The average Bonchev–Trinajstić information content (AvgIpc) is 3.34. The Morgan fingerprint density at radius 2 is 1.71 bits per heavy atom. The second kappa shape index (κ2) is 16.9. The van der Waals surface area contributed by atoms with E-state index in [1.54, 1.807) is 6.08 Å². The van der Waals surface area contributed by atoms with E-state index in [4.69, 9.17) is 4.74 Å². The third-order valence-corrected chi connectivity index (χ3v) is 6.64. The largest absolute Gasteiger partial charge is 0.0312 e. The maximum Gasteiger partial charge on any atom is 0 e. The number of carbonyl (C=O) groups is 1. The average molecular weight is 490 g/mol. The number of ether oxygens (including phenoxy) is 1. The molecule has 0 N–H and O–H groups in total. The summed E-state index contributed by atoms with van der Waals surface area (Å²) in [6, 6.07) is 0.391. The molecular formula is C23H33FeNO2Se. The molecule has 5 heteroatoms. The molecule has 0 spiro atoms. The quantitative estimate of drug-likeness (QED) is 0.278. The number of nitrogens with zero attached hydrogens (tertiary/aromatic N) is 1. The van der Waals surface area contributed by atoms with E-state index >= 15 is 0 Å². The monoisotopic (exact) mass is 491 g/mol. The van der Waals surface area contributed by atoms with Crippen LogP contribution < -0.4 is 0 Å². The molecule has 2 aliphatic carbocycles. The van der Waals surface area contributed by atoms with Crippen molar-refractivity contribution in [3.63, 3.8) is 0 Å². The smallest absolute Gasteiger partial charge is 0 e. The van der Waals surface area contributed by atoms with Gasteiger partial charge in [-0.15, -0.1) is 0 Å². The van der Waals surface area contributed by atoms with Crippen molar-refractivity contribution < 1.29 is 26.6 Å². The molecule has 3 nitrogen and oxygen atoms in total. The summed E-state index contributed by atoms with van der Waals surface area (Å²) in [7, 11) is 4.20. The molecule has 0 aromatic heterocycles. The maximum atomic E-state index is 11.8. The molecule has 0 aliphatic heterocycles. The van der Waals surface area contributed by atoms with E-state index in [-0.39, 0.29) is 38.0 Å². The van der Waals surface area contributed by atoms with Crippen LogP contribution in [0.15, 0.2) is 10.5 Å². The Bertz CT molecular complexity index is 431. The fraction of sp³-hybridized carbons (Fsp3) is 0.435. The second-order valence-electron chi connectivity index (χ2n) is 6.52. The Balaban J connectivity index is 0.00000105. The van der Waals surface area contributed by atoms with Gasteiger partial charge < -0.3 is 0 Å². The standard InChI is InChI=1S/C18H28NO2Se.C5H5.Fe/c1-6-8-10-15(13-18(20)21-7-2)22-17-12-9-11-16(17)14(3)19(4)5;1-2-4-5-3-1;/h9,11-14H,6-8,10H2,1-5H3;1-5H;/b15-13-;;/t14-;;/m0../s1. The van der Waals surface area contributed by atoms with Gasteiger partial charge >= 0.3 is 143 Å². The van der Waals surface area contributed by atoms with Gasteiger partial charge in [0.2, 0.25) is 0 Å². The Kier molecular flexibility index (Phi) is 17.1. The van der Waals surface area contributed by atoms with Crippen molar-refractivity contribution in [2.75, 3.05) is 20.7 Å². The predicted molar refractivity (Wildman–Crippen MR) is 114 cm³/mol. The van der Waals surface area contributed by atoms with Gasteiger partial charge in [0, 0.05) is 17.1 Å². The summed E-state index contributed by atoms with van der Waals surface area (Å²) in [4.78, 5) is 15.4. The molecule has 1 atom stereocenters. The molecule has 0 bridgehead atoms. The summed E-state index contributed by atoms with van der Waals surface area (Å²) in [5, 5.41) is 0. The SMILES string of the molecule is CCCC/C(=C/C(=O)OCC)[Se][C]1[CH][CH][CH][C]1[C@H](C)N(C)C.[CH]1[CH][CH][CH][CH]1.[Fe]. The molecule has 2 aliphatic rings. The van der Waals surface area contributed by atoms with Crippen molar-refractivity contribution in [1.82, 2.24) is 4.90 Å². The number of unbranched alkanes of at least 4 members (excludes halogenated alkanes) is 1. The van der Waals surface area contributed by atoms with Crippen LogP contribution in [0.4, 0.5) is 0 Å². The van der Waals surface area contributed by atoms with E-state index < -0.39 is 0 Å². The first-order valence-electron chi connectivity index (χ1n) is 9.63. The van der Waals surface area contributed by atoms with Crippen LogP contribution >= 0.6 is 0 Å². The predicted octanol–water partition coefficient (Wildman–Crippen LogP) is 4.03. The van der Waals surface area contributed by atoms with Crippen LogP contribution in [0.2, 0.25) is 0 Å². The molecule has 0 heterocycles. The number of allylic oxidation sites excluding steroid dienone is 1. The molecule has 0 aromatic rings. The van der Waals surface area contributed by atoms with Gasteiger partial charge in [-0.2, -0.15) is 0 Å². The van der Waals surface area contributed by atoms with E-state index in [2.05, 4.69) is 52.1 Å². The van der Waals surface area contributed by atoms with Gasteiger partial charge in [0.05, 0.1) is 0 Å². The van der Waals surface area contributed by atoms with E-state index in [1.165, 1.54) is 15.2 Å². The minimum atomic E-state index is -0.204. The summed E-state index contributed by atoms with van der Waals surface area (Å²) in [5.41, 5.74) is 0. The van der Waals surface area contributed by atoms with Crippen LogP contribution in [0, 0.1) is 62.1 Å². The van der Waals surface area contributed by atoms with Gasteiger partial charge in [0.1, 0.15) is 0 Å². The van der Waals surface area contributed by atoms with Crippen LogP contribution in [0.3, 0.4) is 0 Å². The summed E-state index contributed by atoms with van der Waals surface area (Å²) < 4.78 is 6.30. The molecule has 0 amide bonds. The normalized spacial score (nSPS) is 19.1. The molecule has 2 rings (SSSR count). The van der Waals surface area contributed by atoms with Crippen molar-refractivity contribution in [2.24, 2.45) is 0 Å². The Morgan fingerprint density at radius 3 is 2.21 bits per heavy atom. The maximum absolute atomic E-state index is 11.8. The van der Waals surface area contributed by atoms with Crippen LogP contribution in [0.25, 0.3) is 0 Å². The van der Waals surface area contributed by atoms with E-state index in [1.807, 2.05) is 39.0 Å². The topological polar surface area (TPSA) is 29.5 Å². The van der Waals surface area contributed by atoms with Gasteiger partial charge in [0.15, 0.2) is 0 Å². The number of rotatable bonds is 9. The van der Waals surface area contributed by atoms with Gasteiger partial charge in [0.25, 0.3) is 0 Å². The minimum absolute atomic E-state index is 0. The molecule has 2 saturated carbocycles. The minimum Gasteiger partial charge on any atom is -0.0312 e. The zero-order valence-corrected chi connectivity index (χ0v) is 20.4. The van der Waals surface area contributed by atoms with Crippen LogP contribution in [0.1, 0.15) is 40.0 Å². The first kappa shape index (κ1) is 28.2. The second-order valence-corrected chi connectivity index (χ2v) is 8.97. The zero-order valence-electron chi connectivity index (χ0n) is 17.6. The molecule has 28 heavy (non-hydrogen) atoms. The third kappa shape index (κ3) is 11.4. The molecule has 0 saturated heterocycles. The van der Waals surface area contributed by atoms with Crippen LogP contribution in [-0.4, -0.2) is 52.6 Å². The summed E-state index contributed by atoms with van der Waals surface area (Å²) in [6.45, 7) is 6.67. The van der Waals surface area contributed by atoms with E-state index in [0.29, 0.717) is 12.6 Å². The molecule has 156 valence electrons. The Morgan fingerprint density at radius 1 is 1.11 bits per heavy atom. The first-order valence-corrected chi connectivity index (χ1v) is 11.3. The van der Waals surface area contributed by atoms with Crippen molar-refractivity contribution in [3.05, 3.63) is 72.6 Å². The van der Waals surface area contributed by atoms with E-state index in [0.717, 1.165) is 19.3 Å². The van der Waals surface area contributed by atoms with Crippen LogP contribution in [0.5, 0.6) is 0 Å². The number of esters is 1. The van der Waals surface area contributed by atoms with Crippen molar-refractivity contribution in [2.45, 2.75) is 46.1 Å². The molecule has 0 aromatic carbocycles. The fourth-order valence-corrected chi connectivity index (χ4v) is 4.91. The van der Waals surface area contributed by atoms with Crippen molar-refractivity contribution in [3.8, 4) is 0 Å². The molecular weight excluding hydrogens is 457 g/mol. The summed E-state index contributed by atoms with van der Waals surface area (Å²) in [5.74, 6) is 1.17.